The monoisotopic (exact) mass is 366 g/mol. The van der Waals surface area contributed by atoms with Crippen molar-refractivity contribution in [3.05, 3.63) is 59.3 Å². The molecule has 1 aromatic heterocycles. The molecule has 1 amide bonds. The quantitative estimate of drug-likeness (QED) is 0.633. The van der Waals surface area contributed by atoms with Crippen LogP contribution in [0.5, 0.6) is 11.5 Å². The number of amides is 1. The fourth-order valence-corrected chi connectivity index (χ4v) is 3.26. The number of H-pyrrole nitrogens is 1. The van der Waals surface area contributed by atoms with Gasteiger partial charge >= 0.3 is 0 Å². The molecule has 0 fully saturated rings. The van der Waals surface area contributed by atoms with Gasteiger partial charge in [-0.15, -0.1) is 0 Å². The molecule has 1 atom stereocenters. The van der Waals surface area contributed by atoms with Crippen LogP contribution in [0.25, 0.3) is 10.9 Å². The molecule has 3 rings (SSSR count). The molecule has 0 saturated heterocycles. The molecule has 1 unspecified atom stereocenters. The Hall–Kier alpha value is -2.95. The molecule has 142 valence electrons. The van der Waals surface area contributed by atoms with E-state index in [0.717, 1.165) is 22.2 Å². The normalized spacial score (nSPS) is 12.0. The van der Waals surface area contributed by atoms with Crippen LogP contribution < -0.4 is 14.8 Å². The highest BCUT2D eigenvalue weighted by Crippen LogP contribution is 2.31. The molecular weight excluding hydrogens is 340 g/mol. The number of benzene rings is 2. The third-order valence-corrected chi connectivity index (χ3v) is 4.54. The number of carbonyl (C=O) groups is 1. The van der Waals surface area contributed by atoms with Gasteiger partial charge in [-0.3, -0.25) is 4.79 Å². The molecule has 0 spiro atoms. The van der Waals surface area contributed by atoms with Gasteiger partial charge in [-0.1, -0.05) is 24.3 Å². The SMILES string of the molecule is CCOc1ccc(C(C)NC(=O)c2c(C)[nH]c3ccccc23)cc1OCC. The lowest BCUT2D eigenvalue weighted by Gasteiger charge is -2.17. The van der Waals surface area contributed by atoms with Crippen LogP contribution >= 0.6 is 0 Å². The van der Waals surface area contributed by atoms with Crippen molar-refractivity contribution in [1.29, 1.82) is 0 Å². The number of hydrogen-bond donors (Lipinski definition) is 2. The predicted octanol–water partition coefficient (Wildman–Crippen LogP) is 4.76. The topological polar surface area (TPSA) is 63.3 Å². The number of fused-ring (bicyclic) bond motifs is 1. The molecule has 5 heteroatoms. The maximum Gasteiger partial charge on any atom is 0.254 e. The van der Waals surface area contributed by atoms with E-state index in [4.69, 9.17) is 9.47 Å². The molecule has 0 aliphatic heterocycles. The van der Waals surface area contributed by atoms with Crippen LogP contribution in [-0.2, 0) is 0 Å². The number of aromatic amines is 1. The molecule has 3 aromatic rings. The minimum Gasteiger partial charge on any atom is -0.490 e. The van der Waals surface area contributed by atoms with Gasteiger partial charge in [-0.25, -0.2) is 0 Å². The number of ether oxygens (including phenoxy) is 2. The number of carbonyl (C=O) groups excluding carboxylic acids is 1. The largest absolute Gasteiger partial charge is 0.490 e. The first-order chi connectivity index (χ1) is 13.0. The van der Waals surface area contributed by atoms with Crippen LogP contribution in [0.3, 0.4) is 0 Å². The second-order valence-electron chi connectivity index (χ2n) is 6.44. The van der Waals surface area contributed by atoms with Crippen molar-refractivity contribution < 1.29 is 14.3 Å². The van der Waals surface area contributed by atoms with Crippen molar-refractivity contribution in [1.82, 2.24) is 10.3 Å². The zero-order chi connectivity index (χ0) is 19.4. The Morgan fingerprint density at radius 2 is 1.78 bits per heavy atom. The lowest BCUT2D eigenvalue weighted by Crippen LogP contribution is -2.27. The molecule has 0 aliphatic rings. The highest BCUT2D eigenvalue weighted by molar-refractivity contribution is 6.08. The number of nitrogens with one attached hydrogen (secondary N) is 2. The Labute approximate surface area is 159 Å². The number of aromatic nitrogens is 1. The summed E-state index contributed by atoms with van der Waals surface area (Å²) >= 11 is 0. The van der Waals surface area contributed by atoms with Gasteiger partial charge in [0.1, 0.15) is 0 Å². The maximum atomic E-state index is 12.9. The first-order valence-corrected chi connectivity index (χ1v) is 9.32. The lowest BCUT2D eigenvalue weighted by atomic mass is 10.1. The van der Waals surface area contributed by atoms with E-state index in [2.05, 4.69) is 10.3 Å². The van der Waals surface area contributed by atoms with Gasteiger partial charge in [0.25, 0.3) is 5.91 Å². The van der Waals surface area contributed by atoms with E-state index in [9.17, 15) is 4.79 Å². The van der Waals surface area contributed by atoms with Gasteiger partial charge in [0.05, 0.1) is 24.8 Å². The molecule has 27 heavy (non-hydrogen) atoms. The molecule has 5 nitrogen and oxygen atoms in total. The number of aryl methyl sites for hydroxylation is 1. The van der Waals surface area contributed by atoms with Crippen LogP contribution in [0.1, 0.15) is 48.4 Å². The summed E-state index contributed by atoms with van der Waals surface area (Å²) in [5.74, 6) is 1.32. The van der Waals surface area contributed by atoms with Crippen LogP contribution in [-0.4, -0.2) is 24.1 Å². The third-order valence-electron chi connectivity index (χ3n) is 4.54. The zero-order valence-corrected chi connectivity index (χ0v) is 16.3. The highest BCUT2D eigenvalue weighted by atomic mass is 16.5. The van der Waals surface area contributed by atoms with E-state index < -0.39 is 0 Å². The average Bonchev–Trinajstić information content (AvgIpc) is 2.99. The fraction of sp³-hybridized carbons (Fsp3) is 0.318. The second kappa shape index (κ2) is 8.16. The van der Waals surface area contributed by atoms with Gasteiger partial charge < -0.3 is 19.8 Å². The molecule has 2 aromatic carbocycles. The summed E-state index contributed by atoms with van der Waals surface area (Å²) in [6, 6.07) is 13.5. The molecule has 0 saturated carbocycles. The minimum atomic E-state index is -0.166. The highest BCUT2D eigenvalue weighted by Gasteiger charge is 2.19. The summed E-state index contributed by atoms with van der Waals surface area (Å²) in [7, 11) is 0. The van der Waals surface area contributed by atoms with Crippen LogP contribution in [0.2, 0.25) is 0 Å². The van der Waals surface area contributed by atoms with Crippen molar-refractivity contribution in [2.45, 2.75) is 33.7 Å². The third kappa shape index (κ3) is 3.92. The van der Waals surface area contributed by atoms with Crippen molar-refractivity contribution in [2.24, 2.45) is 0 Å². The second-order valence-corrected chi connectivity index (χ2v) is 6.44. The Morgan fingerprint density at radius 1 is 1.07 bits per heavy atom. The molecule has 2 N–H and O–H groups in total. The summed E-state index contributed by atoms with van der Waals surface area (Å²) in [6.07, 6.45) is 0. The fourth-order valence-electron chi connectivity index (χ4n) is 3.26. The van der Waals surface area contributed by atoms with E-state index >= 15 is 0 Å². The lowest BCUT2D eigenvalue weighted by molar-refractivity contribution is 0.0941. The number of hydrogen-bond acceptors (Lipinski definition) is 3. The average molecular weight is 366 g/mol. The van der Waals surface area contributed by atoms with Crippen molar-refractivity contribution in [3.8, 4) is 11.5 Å². The smallest absolute Gasteiger partial charge is 0.254 e. The number of para-hydroxylation sites is 1. The van der Waals surface area contributed by atoms with Gasteiger partial charge in [0.2, 0.25) is 0 Å². The first-order valence-electron chi connectivity index (χ1n) is 9.32. The molecule has 0 radical (unpaired) electrons. The zero-order valence-electron chi connectivity index (χ0n) is 16.3. The van der Waals surface area contributed by atoms with Crippen molar-refractivity contribution in [2.75, 3.05) is 13.2 Å². The Morgan fingerprint density at radius 3 is 2.52 bits per heavy atom. The van der Waals surface area contributed by atoms with E-state index in [1.165, 1.54) is 0 Å². The molecular formula is C22H26N2O3. The maximum absolute atomic E-state index is 12.9. The summed E-state index contributed by atoms with van der Waals surface area (Å²) in [5, 5.41) is 4.03. The molecule has 1 heterocycles. The van der Waals surface area contributed by atoms with Crippen LogP contribution in [0.15, 0.2) is 42.5 Å². The van der Waals surface area contributed by atoms with E-state index in [1.54, 1.807) is 0 Å². The van der Waals surface area contributed by atoms with Crippen LogP contribution in [0.4, 0.5) is 0 Å². The van der Waals surface area contributed by atoms with E-state index in [0.29, 0.717) is 30.3 Å². The summed E-state index contributed by atoms with van der Waals surface area (Å²) in [6.45, 7) is 8.89. The van der Waals surface area contributed by atoms with Crippen molar-refractivity contribution in [3.63, 3.8) is 0 Å². The first kappa shape index (κ1) is 18.8. The van der Waals surface area contributed by atoms with E-state index in [1.807, 2.05) is 70.2 Å². The summed E-state index contributed by atoms with van der Waals surface area (Å²) < 4.78 is 11.3. The minimum absolute atomic E-state index is 0.0932. The Bertz CT molecular complexity index is 946. The Balaban J connectivity index is 1.84. The molecule has 0 aliphatic carbocycles. The summed E-state index contributed by atoms with van der Waals surface area (Å²) in [4.78, 5) is 16.2. The van der Waals surface area contributed by atoms with Gasteiger partial charge in [-0.05, 0) is 51.5 Å². The van der Waals surface area contributed by atoms with Gasteiger partial charge in [0.15, 0.2) is 11.5 Å². The summed E-state index contributed by atoms with van der Waals surface area (Å²) in [5.41, 5.74) is 3.48. The standard InChI is InChI=1S/C22H26N2O3/c1-5-26-19-12-11-16(13-20(19)27-6-2)14(3)24-22(25)21-15(4)23-18-10-8-7-9-17(18)21/h7-14,23H,5-6H2,1-4H3,(H,24,25). The van der Waals surface area contributed by atoms with Crippen molar-refractivity contribution >= 4 is 16.8 Å². The number of rotatable bonds is 7. The van der Waals surface area contributed by atoms with Gasteiger partial charge in [0, 0.05) is 16.6 Å². The van der Waals surface area contributed by atoms with E-state index in [-0.39, 0.29) is 11.9 Å². The Kier molecular flexibility index (Phi) is 5.69. The van der Waals surface area contributed by atoms with Gasteiger partial charge in [-0.2, -0.15) is 0 Å². The van der Waals surface area contributed by atoms with Crippen LogP contribution in [0, 0.1) is 6.92 Å². The molecule has 0 bridgehead atoms. The predicted molar refractivity (Wildman–Crippen MR) is 108 cm³/mol.